The van der Waals surface area contributed by atoms with E-state index in [4.69, 9.17) is 9.47 Å². The lowest BCUT2D eigenvalue weighted by molar-refractivity contribution is -0.138. The standard InChI is InChI=1S/C21H25NO3/c1-2-24-19-10-8-18(9-11-19)15-21(23)22-12-13-25-20(16-22)14-17-6-4-3-5-7-17/h3-11,20H,2,12-16H2,1H3. The number of carbonyl (C=O) groups excluding carboxylic acids is 1. The molecule has 1 heterocycles. The third kappa shape index (κ3) is 5.07. The lowest BCUT2D eigenvalue weighted by Crippen LogP contribution is -2.46. The van der Waals surface area contributed by atoms with Crippen LogP contribution in [-0.2, 0) is 22.4 Å². The highest BCUT2D eigenvalue weighted by atomic mass is 16.5. The first-order chi connectivity index (χ1) is 12.2. The second kappa shape index (κ2) is 8.67. The SMILES string of the molecule is CCOc1ccc(CC(=O)N2CCOC(Cc3ccccc3)C2)cc1. The highest BCUT2D eigenvalue weighted by molar-refractivity contribution is 5.79. The predicted molar refractivity (Wildman–Crippen MR) is 97.8 cm³/mol. The average molecular weight is 339 g/mol. The van der Waals surface area contributed by atoms with Gasteiger partial charge in [-0.3, -0.25) is 4.79 Å². The van der Waals surface area contributed by atoms with Crippen LogP contribution in [0.3, 0.4) is 0 Å². The van der Waals surface area contributed by atoms with Gasteiger partial charge in [0.15, 0.2) is 0 Å². The molecule has 25 heavy (non-hydrogen) atoms. The molecule has 0 aliphatic carbocycles. The van der Waals surface area contributed by atoms with Gasteiger partial charge in [-0.2, -0.15) is 0 Å². The van der Waals surface area contributed by atoms with Crippen molar-refractivity contribution in [2.75, 3.05) is 26.3 Å². The van der Waals surface area contributed by atoms with E-state index in [0.717, 1.165) is 17.7 Å². The number of benzene rings is 2. The summed E-state index contributed by atoms with van der Waals surface area (Å²) in [7, 11) is 0. The Morgan fingerprint density at radius 3 is 2.60 bits per heavy atom. The van der Waals surface area contributed by atoms with Gasteiger partial charge >= 0.3 is 0 Å². The first-order valence-corrected chi connectivity index (χ1v) is 8.89. The summed E-state index contributed by atoms with van der Waals surface area (Å²) in [5.74, 6) is 0.999. The van der Waals surface area contributed by atoms with Gasteiger partial charge in [0.1, 0.15) is 5.75 Å². The van der Waals surface area contributed by atoms with Gasteiger partial charge in [0.2, 0.25) is 5.91 Å². The Kier molecular flexibility index (Phi) is 6.07. The molecule has 2 aromatic rings. The summed E-state index contributed by atoms with van der Waals surface area (Å²) in [6, 6.07) is 18.1. The maximum absolute atomic E-state index is 12.6. The molecule has 0 N–H and O–H groups in total. The van der Waals surface area contributed by atoms with Crippen LogP contribution < -0.4 is 4.74 Å². The van der Waals surface area contributed by atoms with Crippen molar-refractivity contribution in [3.05, 3.63) is 65.7 Å². The molecule has 132 valence electrons. The van der Waals surface area contributed by atoms with Crippen LogP contribution in [0.1, 0.15) is 18.1 Å². The molecule has 0 radical (unpaired) electrons. The van der Waals surface area contributed by atoms with Crippen molar-refractivity contribution in [2.45, 2.75) is 25.9 Å². The van der Waals surface area contributed by atoms with E-state index < -0.39 is 0 Å². The normalized spacial score (nSPS) is 17.3. The number of morpholine rings is 1. The number of carbonyl (C=O) groups is 1. The zero-order valence-corrected chi connectivity index (χ0v) is 14.7. The van der Waals surface area contributed by atoms with Crippen LogP contribution in [0.5, 0.6) is 5.75 Å². The van der Waals surface area contributed by atoms with Crippen LogP contribution in [0.4, 0.5) is 0 Å². The molecule has 1 fully saturated rings. The number of ether oxygens (including phenoxy) is 2. The molecular formula is C21H25NO3. The molecule has 1 aliphatic heterocycles. The highest BCUT2D eigenvalue weighted by Gasteiger charge is 2.24. The second-order valence-corrected chi connectivity index (χ2v) is 6.28. The van der Waals surface area contributed by atoms with Crippen molar-refractivity contribution in [1.82, 2.24) is 4.90 Å². The van der Waals surface area contributed by atoms with Crippen molar-refractivity contribution in [2.24, 2.45) is 0 Å². The summed E-state index contributed by atoms with van der Waals surface area (Å²) in [5.41, 5.74) is 2.26. The summed E-state index contributed by atoms with van der Waals surface area (Å²) < 4.78 is 11.3. The molecular weight excluding hydrogens is 314 g/mol. The highest BCUT2D eigenvalue weighted by Crippen LogP contribution is 2.15. The Morgan fingerprint density at radius 2 is 1.88 bits per heavy atom. The van der Waals surface area contributed by atoms with E-state index in [1.807, 2.05) is 54.3 Å². The number of rotatable bonds is 6. The van der Waals surface area contributed by atoms with Crippen LogP contribution >= 0.6 is 0 Å². The summed E-state index contributed by atoms with van der Waals surface area (Å²) in [6.45, 7) is 4.54. The number of amides is 1. The van der Waals surface area contributed by atoms with Crippen molar-refractivity contribution < 1.29 is 14.3 Å². The number of nitrogens with zero attached hydrogens (tertiary/aromatic N) is 1. The molecule has 0 spiro atoms. The molecule has 0 bridgehead atoms. The van der Waals surface area contributed by atoms with Gasteiger partial charge in [0.25, 0.3) is 0 Å². The smallest absolute Gasteiger partial charge is 0.227 e. The lowest BCUT2D eigenvalue weighted by Gasteiger charge is -2.33. The second-order valence-electron chi connectivity index (χ2n) is 6.28. The fourth-order valence-electron chi connectivity index (χ4n) is 3.10. The Labute approximate surface area is 149 Å². The van der Waals surface area contributed by atoms with Gasteiger partial charge in [-0.1, -0.05) is 42.5 Å². The molecule has 2 aromatic carbocycles. The monoisotopic (exact) mass is 339 g/mol. The van der Waals surface area contributed by atoms with E-state index in [1.165, 1.54) is 5.56 Å². The molecule has 1 saturated heterocycles. The zero-order chi connectivity index (χ0) is 17.5. The molecule has 1 aliphatic rings. The van der Waals surface area contributed by atoms with Crippen molar-refractivity contribution in [3.63, 3.8) is 0 Å². The van der Waals surface area contributed by atoms with E-state index in [2.05, 4.69) is 12.1 Å². The molecule has 1 unspecified atom stereocenters. The van der Waals surface area contributed by atoms with E-state index in [1.54, 1.807) is 0 Å². The Morgan fingerprint density at radius 1 is 1.12 bits per heavy atom. The molecule has 0 saturated carbocycles. The van der Waals surface area contributed by atoms with Crippen LogP contribution in [0.2, 0.25) is 0 Å². The number of hydrogen-bond acceptors (Lipinski definition) is 3. The topological polar surface area (TPSA) is 38.8 Å². The van der Waals surface area contributed by atoms with E-state index >= 15 is 0 Å². The third-order valence-corrected chi connectivity index (χ3v) is 4.39. The van der Waals surface area contributed by atoms with Crippen LogP contribution in [0, 0.1) is 0 Å². The number of hydrogen-bond donors (Lipinski definition) is 0. The zero-order valence-electron chi connectivity index (χ0n) is 14.7. The van der Waals surface area contributed by atoms with E-state index in [-0.39, 0.29) is 12.0 Å². The quantitative estimate of drug-likeness (QED) is 0.812. The lowest BCUT2D eigenvalue weighted by atomic mass is 10.1. The minimum atomic E-state index is 0.0698. The summed E-state index contributed by atoms with van der Waals surface area (Å²) in [5, 5.41) is 0. The van der Waals surface area contributed by atoms with Crippen molar-refractivity contribution in [3.8, 4) is 5.75 Å². The molecule has 0 aromatic heterocycles. The van der Waals surface area contributed by atoms with Gasteiger partial charge in [0.05, 0.1) is 25.7 Å². The fourth-order valence-corrected chi connectivity index (χ4v) is 3.10. The Bertz CT molecular complexity index is 669. The Hall–Kier alpha value is -2.33. The van der Waals surface area contributed by atoms with Gasteiger partial charge in [-0.25, -0.2) is 0 Å². The average Bonchev–Trinajstić information content (AvgIpc) is 2.65. The summed E-state index contributed by atoms with van der Waals surface area (Å²) in [4.78, 5) is 14.5. The van der Waals surface area contributed by atoms with Gasteiger partial charge < -0.3 is 14.4 Å². The molecule has 3 rings (SSSR count). The fraction of sp³-hybridized carbons (Fsp3) is 0.381. The molecule has 1 amide bonds. The van der Waals surface area contributed by atoms with Crippen molar-refractivity contribution >= 4 is 5.91 Å². The van der Waals surface area contributed by atoms with Crippen LogP contribution in [-0.4, -0.2) is 43.2 Å². The van der Waals surface area contributed by atoms with E-state index in [0.29, 0.717) is 32.7 Å². The first kappa shape index (κ1) is 17.5. The Balaban J connectivity index is 1.54. The summed E-state index contributed by atoms with van der Waals surface area (Å²) >= 11 is 0. The van der Waals surface area contributed by atoms with E-state index in [9.17, 15) is 4.79 Å². The van der Waals surface area contributed by atoms with Crippen molar-refractivity contribution in [1.29, 1.82) is 0 Å². The third-order valence-electron chi connectivity index (χ3n) is 4.39. The minimum Gasteiger partial charge on any atom is -0.494 e. The molecule has 4 heteroatoms. The molecule has 4 nitrogen and oxygen atoms in total. The maximum Gasteiger partial charge on any atom is 0.227 e. The minimum absolute atomic E-state index is 0.0698. The largest absolute Gasteiger partial charge is 0.494 e. The molecule has 1 atom stereocenters. The van der Waals surface area contributed by atoms with Gasteiger partial charge in [-0.05, 0) is 30.2 Å². The maximum atomic E-state index is 12.6. The van der Waals surface area contributed by atoms with Crippen LogP contribution in [0.15, 0.2) is 54.6 Å². The predicted octanol–water partition coefficient (Wildman–Crippen LogP) is 3.10. The summed E-state index contributed by atoms with van der Waals surface area (Å²) in [6.07, 6.45) is 1.33. The van der Waals surface area contributed by atoms with Crippen LogP contribution in [0.25, 0.3) is 0 Å². The van der Waals surface area contributed by atoms with Gasteiger partial charge in [-0.15, -0.1) is 0 Å². The first-order valence-electron chi connectivity index (χ1n) is 8.89. The van der Waals surface area contributed by atoms with Gasteiger partial charge in [0, 0.05) is 19.5 Å².